The summed E-state index contributed by atoms with van der Waals surface area (Å²) in [5.74, 6) is 0.344. The first-order valence-corrected chi connectivity index (χ1v) is 7.34. The number of phenols is 1. The van der Waals surface area contributed by atoms with Crippen LogP contribution in [0.2, 0.25) is 0 Å². The minimum atomic E-state index is 0.110. The molecule has 0 spiro atoms. The van der Waals surface area contributed by atoms with E-state index >= 15 is 0 Å². The Morgan fingerprint density at radius 1 is 1.05 bits per heavy atom. The second-order valence-corrected chi connectivity index (χ2v) is 5.46. The van der Waals surface area contributed by atoms with Gasteiger partial charge in [0.05, 0.1) is 0 Å². The Morgan fingerprint density at radius 2 is 1.74 bits per heavy atom. The lowest BCUT2D eigenvalue weighted by Crippen LogP contribution is -2.26. The Bertz CT molecular complexity index is 493. The van der Waals surface area contributed by atoms with Crippen LogP contribution < -0.4 is 0 Å². The number of rotatable bonds is 4. The van der Waals surface area contributed by atoms with E-state index in [4.69, 9.17) is 0 Å². The smallest absolute Gasteiger partial charge is 0.115 e. The summed E-state index contributed by atoms with van der Waals surface area (Å²) in [5.41, 5.74) is 4.41. The van der Waals surface area contributed by atoms with Gasteiger partial charge >= 0.3 is 0 Å². The van der Waals surface area contributed by atoms with Crippen LogP contribution in [-0.4, -0.2) is 5.11 Å². The van der Waals surface area contributed by atoms with Crippen molar-refractivity contribution in [1.82, 2.24) is 0 Å². The number of hydrogen-bond acceptors (Lipinski definition) is 1. The zero-order chi connectivity index (χ0) is 13.9. The zero-order valence-electron chi connectivity index (χ0n) is 12.2. The molecule has 1 atom stereocenters. The summed E-state index contributed by atoms with van der Waals surface area (Å²) in [6, 6.07) is 7.74. The fourth-order valence-corrected chi connectivity index (χ4v) is 3.01. The van der Waals surface area contributed by atoms with Crippen LogP contribution >= 0.6 is 0 Å². The Kier molecular flexibility index (Phi) is 4.14. The van der Waals surface area contributed by atoms with E-state index in [0.29, 0.717) is 5.75 Å². The molecule has 0 aromatic heterocycles. The van der Waals surface area contributed by atoms with E-state index < -0.39 is 0 Å². The third kappa shape index (κ3) is 2.75. The summed E-state index contributed by atoms with van der Waals surface area (Å²) >= 11 is 0. The predicted octanol–water partition coefficient (Wildman–Crippen LogP) is 5.12. The average molecular weight is 256 g/mol. The number of aromatic hydroxyl groups is 1. The summed E-state index contributed by atoms with van der Waals surface area (Å²) in [4.78, 5) is 0. The van der Waals surface area contributed by atoms with Crippen molar-refractivity contribution in [3.63, 3.8) is 0 Å². The molecular weight excluding hydrogens is 232 g/mol. The minimum Gasteiger partial charge on any atom is -0.508 e. The van der Waals surface area contributed by atoms with Gasteiger partial charge in [-0.15, -0.1) is 0 Å². The van der Waals surface area contributed by atoms with E-state index in [0.717, 1.165) is 25.7 Å². The SMILES string of the molecule is CCC1=CC(CC)(c2ccc(O)cc2)CC(CC)=C1. The lowest BCUT2D eigenvalue weighted by atomic mass is 9.69. The van der Waals surface area contributed by atoms with Crippen LogP contribution in [0.5, 0.6) is 5.75 Å². The summed E-state index contributed by atoms with van der Waals surface area (Å²) in [7, 11) is 0. The van der Waals surface area contributed by atoms with E-state index in [1.807, 2.05) is 0 Å². The standard InChI is InChI=1S/C18H24O/c1-4-14-11-15(5-2)13-18(6-3,12-14)16-7-9-17(19)10-8-16/h7-12,19H,4-6,13H2,1-3H3. The molecule has 102 valence electrons. The molecule has 0 bridgehead atoms. The Hall–Kier alpha value is -1.50. The van der Waals surface area contributed by atoms with Gasteiger partial charge < -0.3 is 5.11 Å². The first-order valence-electron chi connectivity index (χ1n) is 7.34. The van der Waals surface area contributed by atoms with Gasteiger partial charge in [-0.05, 0) is 43.4 Å². The first kappa shape index (κ1) is 13.9. The number of benzene rings is 1. The topological polar surface area (TPSA) is 20.2 Å². The summed E-state index contributed by atoms with van der Waals surface area (Å²) in [6.07, 6.45) is 9.22. The molecule has 0 heterocycles. The molecule has 1 aromatic rings. The maximum Gasteiger partial charge on any atom is 0.115 e. The highest BCUT2D eigenvalue weighted by atomic mass is 16.3. The molecule has 0 aliphatic heterocycles. The highest BCUT2D eigenvalue weighted by molar-refractivity contribution is 5.43. The molecule has 0 fully saturated rings. The van der Waals surface area contributed by atoms with Crippen LogP contribution in [0, 0.1) is 0 Å². The molecule has 2 rings (SSSR count). The highest BCUT2D eigenvalue weighted by Crippen LogP contribution is 2.42. The lowest BCUT2D eigenvalue weighted by molar-refractivity contribution is 0.470. The molecule has 19 heavy (non-hydrogen) atoms. The second-order valence-electron chi connectivity index (χ2n) is 5.46. The number of allylic oxidation sites excluding steroid dienone is 4. The normalized spacial score (nSPS) is 22.9. The molecule has 1 aliphatic rings. The van der Waals surface area contributed by atoms with Crippen LogP contribution in [0.3, 0.4) is 0 Å². The maximum absolute atomic E-state index is 9.48. The molecule has 0 radical (unpaired) electrons. The van der Waals surface area contributed by atoms with E-state index in [2.05, 4.69) is 45.1 Å². The van der Waals surface area contributed by atoms with Crippen molar-refractivity contribution in [1.29, 1.82) is 0 Å². The number of phenolic OH excluding ortho intramolecular Hbond substituents is 1. The van der Waals surface area contributed by atoms with Crippen molar-refractivity contribution in [2.24, 2.45) is 0 Å². The van der Waals surface area contributed by atoms with E-state index in [-0.39, 0.29) is 5.41 Å². The van der Waals surface area contributed by atoms with Crippen LogP contribution in [-0.2, 0) is 5.41 Å². The van der Waals surface area contributed by atoms with Crippen LogP contribution in [0.4, 0.5) is 0 Å². The van der Waals surface area contributed by atoms with Gasteiger partial charge in [0.25, 0.3) is 0 Å². The quantitative estimate of drug-likeness (QED) is 0.793. The molecule has 1 aliphatic carbocycles. The van der Waals surface area contributed by atoms with Gasteiger partial charge in [0, 0.05) is 5.41 Å². The van der Waals surface area contributed by atoms with Gasteiger partial charge in [-0.2, -0.15) is 0 Å². The van der Waals surface area contributed by atoms with Crippen LogP contribution in [0.15, 0.2) is 47.6 Å². The van der Waals surface area contributed by atoms with Gasteiger partial charge in [0.2, 0.25) is 0 Å². The monoisotopic (exact) mass is 256 g/mol. The zero-order valence-corrected chi connectivity index (χ0v) is 12.2. The van der Waals surface area contributed by atoms with Crippen molar-refractivity contribution < 1.29 is 5.11 Å². The third-order valence-electron chi connectivity index (χ3n) is 4.33. The van der Waals surface area contributed by atoms with Crippen molar-refractivity contribution >= 4 is 0 Å². The largest absolute Gasteiger partial charge is 0.508 e. The van der Waals surface area contributed by atoms with Gasteiger partial charge in [-0.3, -0.25) is 0 Å². The summed E-state index contributed by atoms with van der Waals surface area (Å²) < 4.78 is 0. The molecule has 0 saturated carbocycles. The van der Waals surface area contributed by atoms with Gasteiger partial charge in [-0.1, -0.05) is 56.2 Å². The molecule has 1 unspecified atom stereocenters. The molecule has 1 heteroatoms. The van der Waals surface area contributed by atoms with Crippen molar-refractivity contribution in [3.05, 3.63) is 53.1 Å². The summed E-state index contributed by atoms with van der Waals surface area (Å²) in [5, 5.41) is 9.48. The minimum absolute atomic E-state index is 0.110. The summed E-state index contributed by atoms with van der Waals surface area (Å²) in [6.45, 7) is 6.72. The van der Waals surface area contributed by atoms with Crippen molar-refractivity contribution in [3.8, 4) is 5.75 Å². The van der Waals surface area contributed by atoms with E-state index in [1.54, 1.807) is 12.1 Å². The van der Waals surface area contributed by atoms with E-state index in [9.17, 15) is 5.11 Å². The Balaban J connectivity index is 2.46. The van der Waals surface area contributed by atoms with Crippen molar-refractivity contribution in [2.45, 2.75) is 51.9 Å². The maximum atomic E-state index is 9.48. The first-order chi connectivity index (χ1) is 9.13. The Labute approximate surface area is 116 Å². The van der Waals surface area contributed by atoms with Gasteiger partial charge in [0.1, 0.15) is 5.75 Å². The average Bonchev–Trinajstić information content (AvgIpc) is 2.47. The van der Waals surface area contributed by atoms with E-state index in [1.165, 1.54) is 16.7 Å². The van der Waals surface area contributed by atoms with Crippen LogP contribution in [0.1, 0.15) is 52.0 Å². The molecular formula is C18H24O. The molecule has 0 amide bonds. The molecule has 0 saturated heterocycles. The van der Waals surface area contributed by atoms with Gasteiger partial charge in [0.15, 0.2) is 0 Å². The van der Waals surface area contributed by atoms with Crippen molar-refractivity contribution in [2.75, 3.05) is 0 Å². The van der Waals surface area contributed by atoms with Gasteiger partial charge in [-0.25, -0.2) is 0 Å². The fraction of sp³-hybridized carbons (Fsp3) is 0.444. The molecule has 1 nitrogen and oxygen atoms in total. The molecule has 1 aromatic carbocycles. The lowest BCUT2D eigenvalue weighted by Gasteiger charge is -2.35. The van der Waals surface area contributed by atoms with Crippen LogP contribution in [0.25, 0.3) is 0 Å². The molecule has 1 N–H and O–H groups in total. The fourth-order valence-electron chi connectivity index (χ4n) is 3.01. The second kappa shape index (κ2) is 5.64. The Morgan fingerprint density at radius 3 is 2.26 bits per heavy atom. The number of hydrogen-bond donors (Lipinski definition) is 1. The predicted molar refractivity (Wildman–Crippen MR) is 81.4 cm³/mol. The highest BCUT2D eigenvalue weighted by Gasteiger charge is 2.31. The third-order valence-corrected chi connectivity index (χ3v) is 4.33.